The Hall–Kier alpha value is -1.34. The van der Waals surface area contributed by atoms with Crippen molar-refractivity contribution in [3.8, 4) is 0 Å². The summed E-state index contributed by atoms with van der Waals surface area (Å²) in [5.41, 5.74) is -0.0518. The van der Waals surface area contributed by atoms with Crippen LogP contribution >= 0.6 is 23.1 Å². The molecule has 1 aliphatic rings. The molecule has 130 valence electrons. The molecule has 0 aromatic carbocycles. The van der Waals surface area contributed by atoms with Gasteiger partial charge in [-0.3, -0.25) is 14.2 Å². The number of thioether (sulfide) groups is 1. The van der Waals surface area contributed by atoms with Crippen LogP contribution in [0.15, 0.2) is 21.4 Å². The van der Waals surface area contributed by atoms with Crippen LogP contribution in [0.1, 0.15) is 39.0 Å². The van der Waals surface area contributed by atoms with Gasteiger partial charge in [0, 0.05) is 20.1 Å². The van der Waals surface area contributed by atoms with Crippen LogP contribution in [0.4, 0.5) is 0 Å². The highest BCUT2D eigenvalue weighted by Gasteiger charge is 2.27. The van der Waals surface area contributed by atoms with Crippen LogP contribution in [0.3, 0.4) is 0 Å². The van der Waals surface area contributed by atoms with Crippen molar-refractivity contribution in [2.45, 2.75) is 55.5 Å². The quantitative estimate of drug-likeness (QED) is 0.616. The van der Waals surface area contributed by atoms with E-state index < -0.39 is 0 Å². The molecule has 3 rings (SSSR count). The number of rotatable bonds is 4. The number of nitrogens with zero attached hydrogens (tertiary/aromatic N) is 3. The molecule has 2 aromatic heterocycles. The number of carbonyl (C=O) groups excluding carboxylic acids is 1. The predicted molar refractivity (Wildman–Crippen MR) is 99.8 cm³/mol. The summed E-state index contributed by atoms with van der Waals surface area (Å²) in [6.07, 6.45) is 5.87. The number of amides is 1. The molecule has 1 fully saturated rings. The lowest BCUT2D eigenvalue weighted by atomic mass is 9.94. The first-order chi connectivity index (χ1) is 11.5. The standard InChI is InChI=1S/C17H23N3O2S2/c1-11(15(21)19(2)12-7-5-4-6-8-12)24-17-18-14-13(9-10-23-14)16(22)20(17)3/h9-12H,4-8H2,1-3H3. The molecule has 0 aliphatic heterocycles. The second-order valence-electron chi connectivity index (χ2n) is 6.40. The highest BCUT2D eigenvalue weighted by Crippen LogP contribution is 2.27. The second kappa shape index (κ2) is 7.27. The molecule has 0 N–H and O–H groups in total. The van der Waals surface area contributed by atoms with Crippen LogP contribution in [-0.4, -0.2) is 38.7 Å². The Morgan fingerprint density at radius 2 is 2.12 bits per heavy atom. The van der Waals surface area contributed by atoms with Crippen LogP contribution in [0.25, 0.3) is 10.2 Å². The van der Waals surface area contributed by atoms with E-state index in [1.165, 1.54) is 42.4 Å². The lowest BCUT2D eigenvalue weighted by Crippen LogP contribution is -2.42. The zero-order chi connectivity index (χ0) is 17.3. The van der Waals surface area contributed by atoms with Gasteiger partial charge in [0.2, 0.25) is 5.91 Å². The molecule has 1 saturated carbocycles. The molecule has 5 nitrogen and oxygen atoms in total. The van der Waals surface area contributed by atoms with E-state index in [-0.39, 0.29) is 16.7 Å². The van der Waals surface area contributed by atoms with E-state index in [1.807, 2.05) is 24.3 Å². The molecule has 1 amide bonds. The van der Waals surface area contributed by atoms with E-state index in [4.69, 9.17) is 0 Å². The number of hydrogen-bond donors (Lipinski definition) is 0. The van der Waals surface area contributed by atoms with Gasteiger partial charge >= 0.3 is 0 Å². The Labute approximate surface area is 150 Å². The molecule has 1 aliphatic carbocycles. The number of fused-ring (bicyclic) bond motifs is 1. The Bertz CT molecular complexity index is 793. The van der Waals surface area contributed by atoms with Crippen molar-refractivity contribution >= 4 is 39.2 Å². The average molecular weight is 366 g/mol. The van der Waals surface area contributed by atoms with E-state index in [0.717, 1.165) is 17.7 Å². The third kappa shape index (κ3) is 3.37. The maximum atomic E-state index is 12.7. The lowest BCUT2D eigenvalue weighted by Gasteiger charge is -2.32. The Balaban J connectivity index is 1.76. The van der Waals surface area contributed by atoms with Gasteiger partial charge < -0.3 is 4.90 Å². The van der Waals surface area contributed by atoms with Gasteiger partial charge in [0.05, 0.1) is 10.6 Å². The molecule has 0 spiro atoms. The minimum Gasteiger partial charge on any atom is -0.342 e. The third-order valence-corrected chi connectivity index (χ3v) is 6.70. The Kier molecular flexibility index (Phi) is 5.30. The molecule has 2 aromatic rings. The van der Waals surface area contributed by atoms with E-state index in [2.05, 4.69) is 4.98 Å². The van der Waals surface area contributed by atoms with Crippen LogP contribution in [0, 0.1) is 0 Å². The average Bonchev–Trinajstić information content (AvgIpc) is 3.07. The molecule has 0 saturated heterocycles. The number of carbonyl (C=O) groups is 1. The maximum Gasteiger partial charge on any atom is 0.262 e. The van der Waals surface area contributed by atoms with Crippen molar-refractivity contribution in [1.82, 2.24) is 14.5 Å². The monoisotopic (exact) mass is 365 g/mol. The molecule has 0 radical (unpaired) electrons. The van der Waals surface area contributed by atoms with Crippen molar-refractivity contribution in [3.05, 3.63) is 21.8 Å². The molecule has 0 bridgehead atoms. The van der Waals surface area contributed by atoms with Crippen LogP contribution in [0.5, 0.6) is 0 Å². The SMILES string of the molecule is CC(Sc1nc2sccc2c(=O)n1C)C(=O)N(C)C1CCCCC1. The second-order valence-corrected chi connectivity index (χ2v) is 8.60. The molecule has 24 heavy (non-hydrogen) atoms. The first kappa shape index (κ1) is 17.5. The van der Waals surface area contributed by atoms with E-state index in [1.54, 1.807) is 17.7 Å². The van der Waals surface area contributed by atoms with Crippen LogP contribution in [0.2, 0.25) is 0 Å². The third-order valence-electron chi connectivity index (χ3n) is 4.76. The summed E-state index contributed by atoms with van der Waals surface area (Å²) < 4.78 is 1.55. The molecule has 1 atom stereocenters. The minimum atomic E-state index is -0.257. The number of aromatic nitrogens is 2. The number of hydrogen-bond acceptors (Lipinski definition) is 5. The molecule has 7 heteroatoms. The van der Waals surface area contributed by atoms with Crippen molar-refractivity contribution in [2.75, 3.05) is 7.05 Å². The van der Waals surface area contributed by atoms with Crippen molar-refractivity contribution < 1.29 is 4.79 Å². The normalized spacial score (nSPS) is 17.1. The van der Waals surface area contributed by atoms with Crippen molar-refractivity contribution in [3.63, 3.8) is 0 Å². The Morgan fingerprint density at radius 1 is 1.42 bits per heavy atom. The number of thiophene rings is 1. The maximum absolute atomic E-state index is 12.7. The predicted octanol–water partition coefficient (Wildman–Crippen LogP) is 3.27. The lowest BCUT2D eigenvalue weighted by molar-refractivity contribution is -0.131. The largest absolute Gasteiger partial charge is 0.342 e. The zero-order valence-electron chi connectivity index (χ0n) is 14.3. The fraction of sp³-hybridized carbons (Fsp3) is 0.588. The van der Waals surface area contributed by atoms with Gasteiger partial charge in [0.25, 0.3) is 5.56 Å². The first-order valence-corrected chi connectivity index (χ1v) is 10.1. The van der Waals surface area contributed by atoms with Crippen molar-refractivity contribution in [2.24, 2.45) is 7.05 Å². The van der Waals surface area contributed by atoms with Gasteiger partial charge in [0.15, 0.2) is 5.16 Å². The summed E-state index contributed by atoms with van der Waals surface area (Å²) in [4.78, 5) is 32.3. The summed E-state index contributed by atoms with van der Waals surface area (Å²) in [6.45, 7) is 1.90. The summed E-state index contributed by atoms with van der Waals surface area (Å²) in [5, 5.41) is 2.87. The first-order valence-electron chi connectivity index (χ1n) is 8.36. The topological polar surface area (TPSA) is 55.2 Å². The highest BCUT2D eigenvalue weighted by atomic mass is 32.2. The summed E-state index contributed by atoms with van der Waals surface area (Å²) in [7, 11) is 3.63. The van der Waals surface area contributed by atoms with Gasteiger partial charge in [-0.15, -0.1) is 11.3 Å². The highest BCUT2D eigenvalue weighted by molar-refractivity contribution is 8.00. The van der Waals surface area contributed by atoms with Gasteiger partial charge in [0.1, 0.15) is 4.83 Å². The van der Waals surface area contributed by atoms with E-state index >= 15 is 0 Å². The zero-order valence-corrected chi connectivity index (χ0v) is 16.0. The van der Waals surface area contributed by atoms with Crippen molar-refractivity contribution in [1.29, 1.82) is 0 Å². The van der Waals surface area contributed by atoms with Gasteiger partial charge in [-0.05, 0) is 31.2 Å². The molecular weight excluding hydrogens is 342 g/mol. The van der Waals surface area contributed by atoms with Gasteiger partial charge in [-0.25, -0.2) is 4.98 Å². The Morgan fingerprint density at radius 3 is 2.83 bits per heavy atom. The van der Waals surface area contributed by atoms with E-state index in [9.17, 15) is 9.59 Å². The molecule has 2 heterocycles. The summed E-state index contributed by atoms with van der Waals surface area (Å²) in [5.74, 6) is 0.118. The van der Waals surface area contributed by atoms with Crippen LogP contribution < -0.4 is 5.56 Å². The molecule has 1 unspecified atom stereocenters. The van der Waals surface area contributed by atoms with Crippen LogP contribution in [-0.2, 0) is 11.8 Å². The fourth-order valence-electron chi connectivity index (χ4n) is 3.23. The van der Waals surface area contributed by atoms with Gasteiger partial charge in [-0.2, -0.15) is 0 Å². The minimum absolute atomic E-state index is 0.0518. The molecular formula is C17H23N3O2S2. The smallest absolute Gasteiger partial charge is 0.262 e. The summed E-state index contributed by atoms with van der Waals surface area (Å²) in [6, 6.07) is 2.15. The van der Waals surface area contributed by atoms with E-state index in [0.29, 0.717) is 16.6 Å². The summed E-state index contributed by atoms with van der Waals surface area (Å²) >= 11 is 2.83. The fourth-order valence-corrected chi connectivity index (χ4v) is 5.01. The van der Waals surface area contributed by atoms with Gasteiger partial charge in [-0.1, -0.05) is 31.0 Å².